The molecule has 0 atom stereocenters. The third kappa shape index (κ3) is 3.95. The number of aromatic nitrogens is 2. The molecule has 2 N–H and O–H groups in total. The van der Waals surface area contributed by atoms with Crippen LogP contribution in [0.1, 0.15) is 28.9 Å². The Hall–Kier alpha value is -2.57. The van der Waals surface area contributed by atoms with E-state index in [4.69, 9.17) is 4.42 Å². The molecular formula is C14H18N4O3. The van der Waals surface area contributed by atoms with Crippen LogP contribution < -0.4 is 10.6 Å². The minimum absolute atomic E-state index is 0.0984. The summed E-state index contributed by atoms with van der Waals surface area (Å²) in [6.45, 7) is 4.92. The Morgan fingerprint density at radius 1 is 1.38 bits per heavy atom. The highest BCUT2D eigenvalue weighted by atomic mass is 16.3. The molecule has 112 valence electrons. The molecule has 2 rings (SSSR count). The van der Waals surface area contributed by atoms with Crippen molar-refractivity contribution >= 4 is 11.8 Å². The van der Waals surface area contributed by atoms with Crippen LogP contribution in [0.5, 0.6) is 0 Å². The number of amides is 2. The summed E-state index contributed by atoms with van der Waals surface area (Å²) in [6.07, 6.45) is 1.41. The van der Waals surface area contributed by atoms with Crippen molar-refractivity contribution in [2.24, 2.45) is 0 Å². The van der Waals surface area contributed by atoms with E-state index in [0.717, 1.165) is 17.9 Å². The Labute approximate surface area is 122 Å². The van der Waals surface area contributed by atoms with Crippen LogP contribution in [0.15, 0.2) is 28.9 Å². The summed E-state index contributed by atoms with van der Waals surface area (Å²) in [7, 11) is 0. The molecule has 0 saturated heterocycles. The van der Waals surface area contributed by atoms with Gasteiger partial charge in [-0.15, -0.1) is 0 Å². The third-order valence-corrected chi connectivity index (χ3v) is 2.91. The number of hydrogen-bond donors (Lipinski definition) is 2. The van der Waals surface area contributed by atoms with E-state index in [0.29, 0.717) is 6.54 Å². The fraction of sp³-hybridized carbons (Fsp3) is 0.357. The first-order chi connectivity index (χ1) is 10.1. The maximum atomic E-state index is 11.7. The molecule has 2 heterocycles. The fourth-order valence-corrected chi connectivity index (χ4v) is 1.92. The first-order valence-corrected chi connectivity index (χ1v) is 6.72. The molecule has 7 nitrogen and oxygen atoms in total. The van der Waals surface area contributed by atoms with E-state index < -0.39 is 5.91 Å². The third-order valence-electron chi connectivity index (χ3n) is 2.91. The quantitative estimate of drug-likeness (QED) is 0.825. The molecule has 0 aliphatic rings. The Morgan fingerprint density at radius 3 is 2.86 bits per heavy atom. The van der Waals surface area contributed by atoms with Gasteiger partial charge in [-0.1, -0.05) is 0 Å². The molecule has 21 heavy (non-hydrogen) atoms. The number of carbonyl (C=O) groups excluding carboxylic acids is 2. The van der Waals surface area contributed by atoms with Gasteiger partial charge in [0, 0.05) is 6.54 Å². The molecule has 0 bridgehead atoms. The van der Waals surface area contributed by atoms with Crippen LogP contribution in [-0.4, -0.2) is 28.1 Å². The van der Waals surface area contributed by atoms with Crippen molar-refractivity contribution < 1.29 is 14.0 Å². The second-order valence-corrected chi connectivity index (χ2v) is 4.53. The van der Waals surface area contributed by atoms with Crippen molar-refractivity contribution in [2.45, 2.75) is 26.9 Å². The van der Waals surface area contributed by atoms with E-state index in [9.17, 15) is 9.59 Å². The Bertz CT molecular complexity index is 616. The number of hydrogen-bond acceptors (Lipinski definition) is 4. The van der Waals surface area contributed by atoms with Crippen molar-refractivity contribution in [3.63, 3.8) is 0 Å². The second-order valence-electron chi connectivity index (χ2n) is 4.53. The highest BCUT2D eigenvalue weighted by Gasteiger charge is 2.11. The van der Waals surface area contributed by atoms with Crippen LogP contribution in [0.3, 0.4) is 0 Å². The lowest BCUT2D eigenvalue weighted by Crippen LogP contribution is -2.36. The average Bonchev–Trinajstić information content (AvgIpc) is 3.11. The summed E-state index contributed by atoms with van der Waals surface area (Å²) in [4.78, 5) is 23.3. The van der Waals surface area contributed by atoms with Gasteiger partial charge in [-0.05, 0) is 32.0 Å². The van der Waals surface area contributed by atoms with Gasteiger partial charge in [0.1, 0.15) is 0 Å². The molecule has 0 aromatic carbocycles. The Morgan fingerprint density at radius 2 is 2.19 bits per heavy atom. The van der Waals surface area contributed by atoms with Crippen molar-refractivity contribution in [1.29, 1.82) is 0 Å². The molecule has 0 aliphatic heterocycles. The predicted octanol–water partition coefficient (Wildman–Crippen LogP) is 0.851. The first-order valence-electron chi connectivity index (χ1n) is 6.72. The highest BCUT2D eigenvalue weighted by Crippen LogP contribution is 2.03. The van der Waals surface area contributed by atoms with Gasteiger partial charge < -0.3 is 15.1 Å². The number of rotatable bonds is 6. The summed E-state index contributed by atoms with van der Waals surface area (Å²) in [5.74, 6) is -0.497. The summed E-state index contributed by atoms with van der Waals surface area (Å²) in [5, 5.41) is 9.53. The number of nitrogens with zero attached hydrogens (tertiary/aromatic N) is 2. The molecular weight excluding hydrogens is 272 g/mol. The van der Waals surface area contributed by atoms with Gasteiger partial charge in [-0.2, -0.15) is 5.10 Å². The fourth-order valence-electron chi connectivity index (χ4n) is 1.92. The summed E-state index contributed by atoms with van der Waals surface area (Å²) in [5.41, 5.74) is 1.84. The Balaban J connectivity index is 1.78. The normalized spacial score (nSPS) is 10.4. The summed E-state index contributed by atoms with van der Waals surface area (Å²) >= 11 is 0. The van der Waals surface area contributed by atoms with E-state index in [1.807, 2.05) is 24.6 Å². The number of nitrogens with one attached hydrogen (secondary N) is 2. The van der Waals surface area contributed by atoms with E-state index >= 15 is 0 Å². The highest BCUT2D eigenvalue weighted by molar-refractivity contribution is 5.94. The van der Waals surface area contributed by atoms with Crippen LogP contribution in [-0.2, 0) is 17.9 Å². The van der Waals surface area contributed by atoms with Crippen LogP contribution in [0.2, 0.25) is 0 Å². The van der Waals surface area contributed by atoms with E-state index in [1.54, 1.807) is 6.07 Å². The van der Waals surface area contributed by atoms with Gasteiger partial charge in [0.25, 0.3) is 5.91 Å². The predicted molar refractivity (Wildman–Crippen MR) is 75.5 cm³/mol. The van der Waals surface area contributed by atoms with Crippen molar-refractivity contribution in [3.8, 4) is 0 Å². The number of carbonyl (C=O) groups is 2. The zero-order valence-corrected chi connectivity index (χ0v) is 12.0. The Kier molecular flexibility index (Phi) is 4.76. The second kappa shape index (κ2) is 6.74. The number of aryl methyl sites for hydroxylation is 2. The minimum atomic E-state index is -0.412. The van der Waals surface area contributed by atoms with Gasteiger partial charge >= 0.3 is 0 Å². The lowest BCUT2D eigenvalue weighted by atomic mass is 10.3. The van der Waals surface area contributed by atoms with Crippen LogP contribution in [0.25, 0.3) is 0 Å². The van der Waals surface area contributed by atoms with Gasteiger partial charge in [-0.3, -0.25) is 14.3 Å². The maximum Gasteiger partial charge on any atom is 0.287 e. The molecule has 0 aliphatic carbocycles. The molecule has 2 aromatic rings. The molecule has 2 aromatic heterocycles. The van der Waals surface area contributed by atoms with Gasteiger partial charge in [0.05, 0.1) is 30.7 Å². The van der Waals surface area contributed by atoms with Crippen molar-refractivity contribution in [2.75, 3.05) is 6.54 Å². The zero-order valence-electron chi connectivity index (χ0n) is 12.0. The van der Waals surface area contributed by atoms with E-state index in [1.165, 1.54) is 12.3 Å². The topological polar surface area (TPSA) is 89.2 Å². The van der Waals surface area contributed by atoms with Crippen LogP contribution >= 0.6 is 0 Å². The average molecular weight is 290 g/mol. The van der Waals surface area contributed by atoms with E-state index in [-0.39, 0.29) is 18.2 Å². The first kappa shape index (κ1) is 14.8. The lowest BCUT2D eigenvalue weighted by Gasteiger charge is -2.07. The SMILES string of the molecule is CCn1nc(C)cc1CNC(=O)CNC(=O)c1ccco1. The van der Waals surface area contributed by atoms with Crippen molar-refractivity contribution in [3.05, 3.63) is 41.6 Å². The monoisotopic (exact) mass is 290 g/mol. The maximum absolute atomic E-state index is 11.7. The van der Waals surface area contributed by atoms with E-state index in [2.05, 4.69) is 15.7 Å². The molecule has 0 unspecified atom stereocenters. The smallest absolute Gasteiger partial charge is 0.287 e. The minimum Gasteiger partial charge on any atom is -0.459 e. The molecule has 0 spiro atoms. The molecule has 0 fully saturated rings. The zero-order chi connectivity index (χ0) is 15.2. The van der Waals surface area contributed by atoms with Crippen LogP contribution in [0.4, 0.5) is 0 Å². The molecule has 7 heteroatoms. The van der Waals surface area contributed by atoms with Crippen LogP contribution in [0, 0.1) is 6.92 Å². The van der Waals surface area contributed by atoms with Gasteiger partial charge in [-0.25, -0.2) is 0 Å². The molecule has 0 radical (unpaired) electrons. The van der Waals surface area contributed by atoms with Crippen molar-refractivity contribution in [1.82, 2.24) is 20.4 Å². The number of furan rings is 1. The molecule has 2 amide bonds. The van der Waals surface area contributed by atoms with Gasteiger partial charge in [0.15, 0.2) is 5.76 Å². The van der Waals surface area contributed by atoms with Gasteiger partial charge in [0.2, 0.25) is 5.91 Å². The summed E-state index contributed by atoms with van der Waals surface area (Å²) in [6, 6.07) is 5.07. The summed E-state index contributed by atoms with van der Waals surface area (Å²) < 4.78 is 6.76. The molecule has 0 saturated carbocycles. The lowest BCUT2D eigenvalue weighted by molar-refractivity contribution is -0.120. The largest absolute Gasteiger partial charge is 0.459 e. The standard InChI is InChI=1S/C14H18N4O3/c1-3-18-11(7-10(2)17-18)8-15-13(19)9-16-14(20)12-5-4-6-21-12/h4-7H,3,8-9H2,1-2H3,(H,15,19)(H,16,20).